The topological polar surface area (TPSA) is 34.1 Å². The number of hydrogen-bond donors (Lipinski definition) is 0. The minimum absolute atomic E-state index is 0.162. The molecule has 8 unspecified atom stereocenters. The molecular weight excluding hydrogens is 328 g/mol. The molecule has 1 spiro atoms. The summed E-state index contributed by atoms with van der Waals surface area (Å²) in [5.41, 5.74) is 0. The van der Waals surface area contributed by atoms with Crippen LogP contribution in [0.2, 0.25) is 47.2 Å². The normalized spacial score (nSPS) is 94.9. The van der Waals surface area contributed by atoms with E-state index in [1.165, 1.54) is 0 Å². The number of ketones is 2. The van der Waals surface area contributed by atoms with Crippen molar-refractivity contribution in [3.63, 3.8) is 0 Å². The van der Waals surface area contributed by atoms with E-state index in [4.69, 9.17) is 0 Å². The van der Waals surface area contributed by atoms with E-state index in [9.17, 15) is 9.59 Å². The number of carbonyl (C=O) groups excluding carboxylic acids is 2. The Labute approximate surface area is 126 Å². The van der Waals surface area contributed by atoms with Crippen molar-refractivity contribution >= 4 is 11.6 Å². The number of carbonyl (C=O) groups is 2. The van der Waals surface area contributed by atoms with Gasteiger partial charge in [0.05, 0.1) is 0 Å². The van der Waals surface area contributed by atoms with Gasteiger partial charge in [0, 0.05) is 0 Å². The Morgan fingerprint density at radius 2 is 1.13 bits per heavy atom. The molecule has 122 valence electrons. The van der Waals surface area contributed by atoms with Crippen molar-refractivity contribution < 1.29 is 16.1 Å². The summed E-state index contributed by atoms with van der Waals surface area (Å²) in [6.07, 6.45) is 10.00. The maximum atomic E-state index is 13.4. The Hall–Kier alpha value is -0.661. The van der Waals surface area contributed by atoms with E-state index >= 15 is 0 Å². The first-order valence-corrected chi connectivity index (χ1v) is 15.7. The van der Waals surface area contributed by atoms with Crippen molar-refractivity contribution in [3.05, 3.63) is 24.3 Å². The fraction of sp³-hybridized carbons (Fsp3) is 0.700. The molecule has 0 aromatic carbocycles. The summed E-state index contributed by atoms with van der Waals surface area (Å²) in [4.78, 5) is 34.1. The minimum atomic E-state index is -3.87. The summed E-state index contributed by atoms with van der Waals surface area (Å²) in [6, 6.07) is 0. The van der Waals surface area contributed by atoms with Gasteiger partial charge in [-0.1, -0.05) is 0 Å². The first-order chi connectivity index (χ1) is 10.9. The molecule has 0 N–H and O–H groups in total. The first kappa shape index (κ1) is 10.4. The van der Waals surface area contributed by atoms with Crippen LogP contribution in [0.25, 0.3) is 0 Å². The molecule has 0 saturated carbocycles. The van der Waals surface area contributed by atoms with Crippen LogP contribution in [0, 0.1) is 0 Å². The summed E-state index contributed by atoms with van der Waals surface area (Å²) in [5.74, 6) is 1.05. The van der Waals surface area contributed by atoms with Gasteiger partial charge in [-0.2, -0.15) is 0 Å². The average molecular weight is 350 g/mol. The molecule has 0 aromatic rings. The quantitative estimate of drug-likeness (QED) is 0.488. The van der Waals surface area contributed by atoms with Crippen LogP contribution >= 0.6 is 0 Å². The second-order valence-corrected chi connectivity index (χ2v) is 35.3. The van der Waals surface area contributed by atoms with Gasteiger partial charge in [-0.05, 0) is 0 Å². The molecule has 10 aliphatic heterocycles. The zero-order chi connectivity index (χ0) is 15.3. The van der Waals surface area contributed by atoms with Crippen LogP contribution in [0.1, 0.15) is 26.7 Å². The van der Waals surface area contributed by atoms with Gasteiger partial charge in [0.1, 0.15) is 0 Å². The molecule has 2 nitrogen and oxygen atoms in total. The van der Waals surface area contributed by atoms with Crippen LogP contribution in [0.3, 0.4) is 0 Å². The fourth-order valence-corrected chi connectivity index (χ4v) is 94.1. The second-order valence-electron chi connectivity index (χ2n) is 12.1. The molecule has 0 bridgehead atoms. The van der Waals surface area contributed by atoms with Crippen LogP contribution in [-0.2, 0) is 16.1 Å². The zero-order valence-electron chi connectivity index (χ0n) is 13.5. The van der Waals surface area contributed by atoms with Gasteiger partial charge in [0.25, 0.3) is 0 Å². The van der Waals surface area contributed by atoms with E-state index in [2.05, 4.69) is 26.0 Å². The van der Waals surface area contributed by atoms with Crippen LogP contribution in [-0.4, -0.2) is 11.6 Å². The molecule has 3 heteroatoms. The predicted octanol–water partition coefficient (Wildman–Crippen LogP) is 5.19. The molecular formula is C20H22FeO2. The molecule has 0 amide bonds. The van der Waals surface area contributed by atoms with Gasteiger partial charge >= 0.3 is 126 Å². The molecule has 10 heterocycles. The van der Waals surface area contributed by atoms with E-state index in [-0.39, 0.29) is 8.63 Å². The van der Waals surface area contributed by atoms with Crippen LogP contribution < -0.4 is 0 Å². The molecule has 10 aliphatic rings. The number of allylic oxidation sites excluding steroid dienone is 4. The monoisotopic (exact) mass is 350 g/mol. The maximum absolute atomic E-state index is 13.4. The third-order valence-electron chi connectivity index (χ3n) is 16.6. The van der Waals surface area contributed by atoms with Gasteiger partial charge < -0.3 is 0 Å². The van der Waals surface area contributed by atoms with Gasteiger partial charge in [-0.25, -0.2) is 0 Å². The Balaban J connectivity index is 1.35. The molecule has 10 fully saturated rings. The van der Waals surface area contributed by atoms with E-state index in [1.807, 2.05) is 12.2 Å². The van der Waals surface area contributed by atoms with Gasteiger partial charge in [0.2, 0.25) is 0 Å². The van der Waals surface area contributed by atoms with E-state index < -0.39 is 6.51 Å². The summed E-state index contributed by atoms with van der Waals surface area (Å²) in [6.45, 7) is 0.361. The second kappa shape index (κ2) is 1.04. The molecule has 10 saturated heterocycles. The van der Waals surface area contributed by atoms with E-state index in [1.54, 1.807) is 0 Å². The molecule has 0 aromatic heterocycles. The predicted molar refractivity (Wildman–Crippen MR) is 84.3 cm³/mol. The molecule has 0 radical (unpaired) electrons. The summed E-state index contributed by atoms with van der Waals surface area (Å²) in [5, 5.41) is 0. The van der Waals surface area contributed by atoms with Gasteiger partial charge in [-0.15, -0.1) is 0 Å². The summed E-state index contributed by atoms with van der Waals surface area (Å²) < 4.78 is 0.325. The third kappa shape index (κ3) is 0.133. The molecule has 8 atom stereocenters. The van der Waals surface area contributed by atoms with Crippen molar-refractivity contribution in [3.8, 4) is 0 Å². The van der Waals surface area contributed by atoms with Crippen molar-refractivity contribution in [2.45, 2.75) is 73.8 Å². The van der Waals surface area contributed by atoms with Gasteiger partial charge in [0.15, 0.2) is 0 Å². The molecule has 0 aliphatic carbocycles. The number of rotatable bonds is 6. The zero-order valence-corrected chi connectivity index (χ0v) is 14.6. The summed E-state index contributed by atoms with van der Waals surface area (Å²) in [7, 11) is 0. The van der Waals surface area contributed by atoms with Crippen LogP contribution in [0.15, 0.2) is 24.3 Å². The first-order valence-electron chi connectivity index (χ1n) is 9.52. The third-order valence-corrected chi connectivity index (χ3v) is 59.3. The Bertz CT molecular complexity index is 1170. The number of hydrogen-bond acceptors (Lipinski definition) is 2. The van der Waals surface area contributed by atoms with Crippen LogP contribution in [0.4, 0.5) is 0 Å². The van der Waals surface area contributed by atoms with Gasteiger partial charge in [-0.3, -0.25) is 0 Å². The van der Waals surface area contributed by atoms with Crippen molar-refractivity contribution in [2.24, 2.45) is 0 Å². The summed E-state index contributed by atoms with van der Waals surface area (Å²) >= 11 is 0. The van der Waals surface area contributed by atoms with E-state index in [0.717, 1.165) is 51.4 Å². The van der Waals surface area contributed by atoms with Crippen molar-refractivity contribution in [1.82, 2.24) is 0 Å². The fourth-order valence-electron chi connectivity index (χ4n) is 18.6. The Morgan fingerprint density at radius 1 is 0.783 bits per heavy atom. The Kier molecular flexibility index (Phi) is 0.466. The average Bonchev–Trinajstić information content (AvgIpc) is 3.49. The van der Waals surface area contributed by atoms with Crippen molar-refractivity contribution in [2.75, 3.05) is 0 Å². The number of fused-ring (bicyclic) bond motifs is 10. The molecule has 23 heavy (non-hydrogen) atoms. The van der Waals surface area contributed by atoms with Crippen LogP contribution in [0.5, 0.6) is 0 Å². The standard InChI is InChI=1S/2C10H11O.Fe/c2*1-2-3-8-10(11)9-6-4-5-7-9;/h2*3-8H,2H2,1H3;. The van der Waals surface area contributed by atoms with Crippen molar-refractivity contribution in [1.29, 1.82) is 0 Å². The SMILES string of the molecule is CCC=CC(=O)[C]12[CH]3[CH]4[CH]5[CH]1[Fe]45321678[CH]2[CH]1[CH]6[C]7(C(=O)C=CCC)[CH]28. The van der Waals surface area contributed by atoms with E-state index in [0.29, 0.717) is 11.6 Å². The molecule has 10 rings (SSSR count). The Morgan fingerprint density at radius 3 is 1.39 bits per heavy atom.